The summed E-state index contributed by atoms with van der Waals surface area (Å²) in [6, 6.07) is 4.35. The van der Waals surface area contributed by atoms with Gasteiger partial charge in [0.05, 0.1) is 35.7 Å². The third kappa shape index (κ3) is 2.76. The number of rotatable bonds is 6. The zero-order chi connectivity index (χ0) is 20.9. The summed E-state index contributed by atoms with van der Waals surface area (Å²) in [7, 11) is 1.47. The van der Waals surface area contributed by atoms with E-state index in [0.717, 1.165) is 4.90 Å². The molecule has 9 nitrogen and oxygen atoms in total. The molecule has 29 heavy (non-hydrogen) atoms. The number of hydrogen-bond donors (Lipinski definition) is 3. The largest absolute Gasteiger partial charge is 0.481 e. The summed E-state index contributed by atoms with van der Waals surface area (Å²) in [4.78, 5) is 51.7. The number of ether oxygens (including phenoxy) is 1. The normalized spacial score (nSPS) is 30.1. The van der Waals surface area contributed by atoms with Crippen molar-refractivity contribution in [3.05, 3.63) is 28.8 Å². The van der Waals surface area contributed by atoms with Gasteiger partial charge in [-0.25, -0.2) is 0 Å². The van der Waals surface area contributed by atoms with Crippen molar-refractivity contribution >= 4 is 41.0 Å². The Morgan fingerprint density at radius 1 is 1.31 bits per heavy atom. The number of aliphatic carboxylic acids is 1. The topological polar surface area (TPSA) is 125 Å². The summed E-state index contributed by atoms with van der Waals surface area (Å²) in [6.07, 6.45) is -0.0842. The number of carboxylic acids is 1. The summed E-state index contributed by atoms with van der Waals surface area (Å²) in [5.74, 6) is -4.19. The van der Waals surface area contributed by atoms with Crippen LogP contribution in [-0.4, -0.2) is 60.0 Å². The number of para-hydroxylation sites is 1. The molecule has 4 atom stereocenters. The summed E-state index contributed by atoms with van der Waals surface area (Å²) >= 11 is 6.24. The van der Waals surface area contributed by atoms with Gasteiger partial charge in [-0.1, -0.05) is 23.7 Å². The number of hydrogen-bond acceptors (Lipinski definition) is 6. The maximum absolute atomic E-state index is 13.3. The van der Waals surface area contributed by atoms with E-state index in [2.05, 4.69) is 10.6 Å². The van der Waals surface area contributed by atoms with Gasteiger partial charge < -0.3 is 15.2 Å². The number of amides is 3. The average molecular weight is 422 g/mol. The van der Waals surface area contributed by atoms with Gasteiger partial charge in [-0.2, -0.15) is 0 Å². The van der Waals surface area contributed by atoms with Crippen molar-refractivity contribution in [1.29, 1.82) is 0 Å². The van der Waals surface area contributed by atoms with Crippen molar-refractivity contribution in [3.63, 3.8) is 0 Å². The van der Waals surface area contributed by atoms with E-state index < -0.39 is 47.1 Å². The highest BCUT2D eigenvalue weighted by molar-refractivity contribution is 6.35. The molecule has 3 heterocycles. The van der Waals surface area contributed by atoms with Crippen molar-refractivity contribution in [2.75, 3.05) is 25.6 Å². The molecule has 4 rings (SSSR count). The van der Waals surface area contributed by atoms with Crippen molar-refractivity contribution < 1.29 is 29.0 Å². The molecule has 0 aliphatic carbocycles. The number of anilines is 1. The highest BCUT2D eigenvalue weighted by Gasteiger charge is 2.70. The van der Waals surface area contributed by atoms with E-state index in [1.807, 2.05) is 0 Å². The van der Waals surface area contributed by atoms with E-state index in [0.29, 0.717) is 16.3 Å². The number of nitrogens with one attached hydrogen (secondary N) is 2. The maximum atomic E-state index is 13.3. The van der Waals surface area contributed by atoms with Gasteiger partial charge >= 0.3 is 5.97 Å². The molecule has 3 aliphatic heterocycles. The van der Waals surface area contributed by atoms with Gasteiger partial charge in [0.25, 0.3) is 0 Å². The van der Waals surface area contributed by atoms with Crippen LogP contribution in [0.1, 0.15) is 18.4 Å². The highest BCUT2D eigenvalue weighted by Crippen LogP contribution is 2.54. The van der Waals surface area contributed by atoms with E-state index in [-0.39, 0.29) is 26.0 Å². The average Bonchev–Trinajstić information content (AvgIpc) is 3.25. The van der Waals surface area contributed by atoms with Crippen LogP contribution in [0.5, 0.6) is 0 Å². The Morgan fingerprint density at radius 2 is 2.07 bits per heavy atom. The van der Waals surface area contributed by atoms with E-state index >= 15 is 0 Å². The number of carbonyl (C=O) groups is 4. The minimum absolute atomic E-state index is 0.0763. The number of likely N-dealkylation sites (tertiary alicyclic amines) is 1. The molecule has 2 saturated heterocycles. The van der Waals surface area contributed by atoms with Gasteiger partial charge in [-0.15, -0.1) is 0 Å². The number of benzene rings is 1. The van der Waals surface area contributed by atoms with Crippen LogP contribution in [-0.2, 0) is 29.5 Å². The summed E-state index contributed by atoms with van der Waals surface area (Å²) in [6.45, 7) is 0.249. The van der Waals surface area contributed by atoms with Crippen molar-refractivity contribution in [3.8, 4) is 0 Å². The lowest BCUT2D eigenvalue weighted by molar-refractivity contribution is -0.144. The molecule has 0 radical (unpaired) electrons. The second-order valence-corrected chi connectivity index (χ2v) is 7.84. The third-order valence-electron chi connectivity index (χ3n) is 5.98. The van der Waals surface area contributed by atoms with Gasteiger partial charge in [0.15, 0.2) is 0 Å². The lowest BCUT2D eigenvalue weighted by atomic mass is 9.76. The number of fused-ring (bicyclic) bond motifs is 4. The van der Waals surface area contributed by atoms with Crippen LogP contribution in [0.2, 0.25) is 5.02 Å². The first-order valence-electron chi connectivity index (χ1n) is 9.27. The zero-order valence-electron chi connectivity index (χ0n) is 15.6. The minimum Gasteiger partial charge on any atom is -0.481 e. The van der Waals surface area contributed by atoms with E-state index in [1.165, 1.54) is 7.11 Å². The van der Waals surface area contributed by atoms with Crippen LogP contribution in [0.25, 0.3) is 0 Å². The SMILES string of the molecule is COCCN1C(=O)C2C(CCC(=O)O)NC3(C(=O)Nc4c(Cl)cccc43)C2C1=O. The zero-order valence-corrected chi connectivity index (χ0v) is 16.4. The molecule has 3 N–H and O–H groups in total. The fourth-order valence-electron chi connectivity index (χ4n) is 4.78. The molecule has 4 unspecified atom stereocenters. The lowest BCUT2D eigenvalue weighted by Crippen LogP contribution is -2.53. The van der Waals surface area contributed by atoms with Crippen LogP contribution in [0.3, 0.4) is 0 Å². The number of halogens is 1. The maximum Gasteiger partial charge on any atom is 0.303 e. The Balaban J connectivity index is 1.81. The van der Waals surface area contributed by atoms with E-state index in [4.69, 9.17) is 21.4 Å². The molecular weight excluding hydrogens is 402 g/mol. The van der Waals surface area contributed by atoms with Crippen LogP contribution in [0.15, 0.2) is 18.2 Å². The van der Waals surface area contributed by atoms with Gasteiger partial charge in [-0.05, 0) is 12.5 Å². The molecule has 1 spiro atoms. The van der Waals surface area contributed by atoms with Crippen LogP contribution in [0, 0.1) is 11.8 Å². The van der Waals surface area contributed by atoms with Crippen LogP contribution >= 0.6 is 11.6 Å². The van der Waals surface area contributed by atoms with Crippen molar-refractivity contribution in [2.24, 2.45) is 11.8 Å². The third-order valence-corrected chi connectivity index (χ3v) is 6.29. The molecule has 1 aromatic rings. The van der Waals surface area contributed by atoms with Crippen LogP contribution < -0.4 is 10.6 Å². The summed E-state index contributed by atoms with van der Waals surface area (Å²) in [5, 5.41) is 15.3. The van der Waals surface area contributed by atoms with Gasteiger partial charge in [0.1, 0.15) is 5.54 Å². The fourth-order valence-corrected chi connectivity index (χ4v) is 5.01. The number of imide groups is 1. The molecule has 10 heteroatoms. The first-order valence-corrected chi connectivity index (χ1v) is 9.64. The molecule has 0 bridgehead atoms. The van der Waals surface area contributed by atoms with Crippen molar-refractivity contribution in [2.45, 2.75) is 24.4 Å². The number of carbonyl (C=O) groups excluding carboxylic acids is 3. The number of carboxylic acid groups (broad SMARTS) is 1. The molecule has 0 saturated carbocycles. The minimum atomic E-state index is -1.47. The number of nitrogens with zero attached hydrogens (tertiary/aromatic N) is 1. The van der Waals surface area contributed by atoms with Gasteiger partial charge in [0, 0.05) is 25.1 Å². The Labute approximate surface area is 171 Å². The van der Waals surface area contributed by atoms with Crippen molar-refractivity contribution in [1.82, 2.24) is 10.2 Å². The second kappa shape index (κ2) is 7.08. The molecule has 154 valence electrons. The first-order chi connectivity index (χ1) is 13.8. The molecule has 3 amide bonds. The fraction of sp³-hybridized carbons (Fsp3) is 0.474. The lowest BCUT2D eigenvalue weighted by Gasteiger charge is -2.29. The second-order valence-electron chi connectivity index (χ2n) is 7.43. The summed E-state index contributed by atoms with van der Waals surface area (Å²) < 4.78 is 5.00. The van der Waals surface area contributed by atoms with Gasteiger partial charge in [0.2, 0.25) is 17.7 Å². The summed E-state index contributed by atoms with van der Waals surface area (Å²) in [5.41, 5.74) is -0.569. The highest BCUT2D eigenvalue weighted by atomic mass is 35.5. The smallest absolute Gasteiger partial charge is 0.303 e. The Kier molecular flexibility index (Phi) is 4.84. The van der Waals surface area contributed by atoms with E-state index in [9.17, 15) is 19.2 Å². The van der Waals surface area contributed by atoms with Crippen LogP contribution in [0.4, 0.5) is 5.69 Å². The molecule has 2 fully saturated rings. The predicted octanol–water partition coefficient (Wildman–Crippen LogP) is 0.572. The van der Waals surface area contributed by atoms with E-state index in [1.54, 1.807) is 18.2 Å². The monoisotopic (exact) mass is 421 g/mol. The molecule has 0 aromatic heterocycles. The Morgan fingerprint density at radius 3 is 2.76 bits per heavy atom. The standard InChI is InChI=1S/C19H20ClN3O6/c1-29-8-7-23-16(26)13-11(5-6-12(24)25)22-19(14(13)17(23)27)9-3-2-4-10(20)15(9)21-18(19)28/h2-4,11,13-14,22H,5-8H2,1H3,(H,21,28)(H,24,25). The predicted molar refractivity (Wildman–Crippen MR) is 101 cm³/mol. The number of methoxy groups -OCH3 is 1. The Hall–Kier alpha value is -2.49. The Bertz CT molecular complexity index is 921. The first kappa shape index (κ1) is 19.8. The molecule has 3 aliphatic rings. The quantitative estimate of drug-likeness (QED) is 0.573. The molecular formula is C19H20ClN3O6. The van der Waals surface area contributed by atoms with Gasteiger partial charge in [-0.3, -0.25) is 29.4 Å². The molecule has 1 aromatic carbocycles.